The zero-order valence-electron chi connectivity index (χ0n) is 8.42. The molecule has 1 N–H and O–H groups in total. The van der Waals surface area contributed by atoms with Crippen LogP contribution in [-0.2, 0) is 4.79 Å². The van der Waals surface area contributed by atoms with Gasteiger partial charge in [-0.25, -0.2) is 4.39 Å². The van der Waals surface area contributed by atoms with E-state index in [2.05, 4.69) is 5.32 Å². The summed E-state index contributed by atoms with van der Waals surface area (Å²) in [6.07, 6.45) is 0.936. The Morgan fingerprint density at radius 2 is 2.27 bits per heavy atom. The molecule has 0 saturated heterocycles. The van der Waals surface area contributed by atoms with Crippen molar-refractivity contribution in [3.05, 3.63) is 35.1 Å². The van der Waals surface area contributed by atoms with Gasteiger partial charge in [-0.2, -0.15) is 0 Å². The predicted molar refractivity (Wildman–Crippen MR) is 54.2 cm³/mol. The molecule has 15 heavy (non-hydrogen) atoms. The molecule has 1 aromatic rings. The highest BCUT2D eigenvalue weighted by molar-refractivity contribution is 5.94. The summed E-state index contributed by atoms with van der Waals surface area (Å²) in [6, 6.07) is 4.40. The summed E-state index contributed by atoms with van der Waals surface area (Å²) < 4.78 is 13.3. The number of nitrogens with one attached hydrogen (secondary N) is 1. The van der Waals surface area contributed by atoms with Crippen LogP contribution in [0.3, 0.4) is 0 Å². The summed E-state index contributed by atoms with van der Waals surface area (Å²) in [4.78, 5) is 21.4. The molecule has 0 aromatic heterocycles. The molecule has 80 valence electrons. The van der Waals surface area contributed by atoms with Crippen LogP contribution in [0.5, 0.6) is 0 Å². The highest BCUT2D eigenvalue weighted by Gasteiger charge is 2.10. The van der Waals surface area contributed by atoms with Crippen LogP contribution in [0, 0.1) is 12.7 Å². The lowest BCUT2D eigenvalue weighted by atomic mass is 10.1. The number of hydrogen-bond donors (Lipinski definition) is 1. The molecule has 0 bridgehead atoms. The maximum atomic E-state index is 13.3. The quantitative estimate of drug-likeness (QED) is 0.602. The third-order valence-electron chi connectivity index (χ3n) is 1.92. The van der Waals surface area contributed by atoms with Crippen LogP contribution in [0.4, 0.5) is 4.39 Å². The summed E-state index contributed by atoms with van der Waals surface area (Å²) in [6.45, 7) is 1.98. The van der Waals surface area contributed by atoms with Gasteiger partial charge in [0.2, 0.25) is 0 Å². The van der Waals surface area contributed by atoms with Crippen LogP contribution in [0.2, 0.25) is 0 Å². The Labute approximate surface area is 87.3 Å². The van der Waals surface area contributed by atoms with E-state index in [0.717, 1.165) is 5.56 Å². The van der Waals surface area contributed by atoms with Crippen molar-refractivity contribution >= 4 is 12.2 Å². The minimum Gasteiger partial charge on any atom is -0.352 e. The Morgan fingerprint density at radius 1 is 1.53 bits per heavy atom. The molecule has 0 spiro atoms. The van der Waals surface area contributed by atoms with Crippen molar-refractivity contribution in [2.75, 3.05) is 6.54 Å². The third-order valence-corrected chi connectivity index (χ3v) is 1.92. The van der Waals surface area contributed by atoms with Crippen LogP contribution in [0.1, 0.15) is 22.3 Å². The van der Waals surface area contributed by atoms with E-state index in [1.165, 1.54) is 12.1 Å². The van der Waals surface area contributed by atoms with Crippen molar-refractivity contribution in [1.82, 2.24) is 5.32 Å². The Hall–Kier alpha value is -1.71. The van der Waals surface area contributed by atoms with Gasteiger partial charge in [0.25, 0.3) is 5.91 Å². The first-order valence-electron chi connectivity index (χ1n) is 4.63. The molecule has 0 atom stereocenters. The van der Waals surface area contributed by atoms with Crippen molar-refractivity contribution in [3.63, 3.8) is 0 Å². The van der Waals surface area contributed by atoms with E-state index in [1.54, 1.807) is 13.0 Å². The largest absolute Gasteiger partial charge is 0.352 e. The van der Waals surface area contributed by atoms with Crippen LogP contribution in [0.25, 0.3) is 0 Å². The van der Waals surface area contributed by atoms with Gasteiger partial charge >= 0.3 is 0 Å². The van der Waals surface area contributed by atoms with Crippen LogP contribution < -0.4 is 5.32 Å². The fraction of sp³-hybridized carbons (Fsp3) is 0.273. The number of carbonyl (C=O) groups is 2. The molecule has 0 aliphatic heterocycles. The first-order chi connectivity index (χ1) is 7.15. The molecule has 0 aliphatic carbocycles. The van der Waals surface area contributed by atoms with E-state index < -0.39 is 11.7 Å². The number of aryl methyl sites for hydroxylation is 1. The maximum absolute atomic E-state index is 13.3. The van der Waals surface area contributed by atoms with E-state index in [9.17, 15) is 14.0 Å². The fourth-order valence-electron chi connectivity index (χ4n) is 1.14. The summed E-state index contributed by atoms with van der Waals surface area (Å²) in [5.74, 6) is -1.03. The van der Waals surface area contributed by atoms with E-state index in [4.69, 9.17) is 0 Å². The zero-order chi connectivity index (χ0) is 11.3. The lowest BCUT2D eigenvalue weighted by molar-refractivity contribution is -0.107. The van der Waals surface area contributed by atoms with Crippen LogP contribution in [-0.4, -0.2) is 18.7 Å². The van der Waals surface area contributed by atoms with Gasteiger partial charge in [0.1, 0.15) is 12.1 Å². The Morgan fingerprint density at radius 3 is 2.87 bits per heavy atom. The smallest absolute Gasteiger partial charge is 0.254 e. The van der Waals surface area contributed by atoms with Crippen LogP contribution >= 0.6 is 0 Å². The van der Waals surface area contributed by atoms with E-state index in [1.807, 2.05) is 0 Å². The minimum absolute atomic E-state index is 0.00602. The van der Waals surface area contributed by atoms with E-state index in [-0.39, 0.29) is 18.5 Å². The summed E-state index contributed by atoms with van der Waals surface area (Å²) in [7, 11) is 0. The Kier molecular flexibility index (Phi) is 3.97. The van der Waals surface area contributed by atoms with Crippen molar-refractivity contribution < 1.29 is 14.0 Å². The highest BCUT2D eigenvalue weighted by Crippen LogP contribution is 2.09. The molecule has 4 heteroatoms. The van der Waals surface area contributed by atoms with E-state index in [0.29, 0.717) is 6.29 Å². The second kappa shape index (κ2) is 5.24. The Balaban J connectivity index is 2.69. The van der Waals surface area contributed by atoms with Gasteiger partial charge in [0.15, 0.2) is 0 Å². The lowest BCUT2D eigenvalue weighted by Crippen LogP contribution is -2.25. The maximum Gasteiger partial charge on any atom is 0.254 e. The number of aldehydes is 1. The summed E-state index contributed by atoms with van der Waals surface area (Å²) in [5, 5.41) is 2.45. The number of carbonyl (C=O) groups excluding carboxylic acids is 2. The summed E-state index contributed by atoms with van der Waals surface area (Å²) >= 11 is 0. The topological polar surface area (TPSA) is 46.2 Å². The minimum atomic E-state index is -0.543. The van der Waals surface area contributed by atoms with Crippen molar-refractivity contribution in [1.29, 1.82) is 0 Å². The standard InChI is InChI=1S/C11H12FNO2/c1-8-3-4-9(10(12)7-8)11(15)13-5-2-6-14/h3-4,6-7H,2,5H2,1H3,(H,13,15). The molecule has 3 nitrogen and oxygen atoms in total. The van der Waals surface area contributed by atoms with Crippen LogP contribution in [0.15, 0.2) is 18.2 Å². The molecule has 0 radical (unpaired) electrons. The third kappa shape index (κ3) is 3.16. The monoisotopic (exact) mass is 209 g/mol. The average Bonchev–Trinajstić information content (AvgIpc) is 2.17. The molecule has 1 amide bonds. The SMILES string of the molecule is Cc1ccc(C(=O)NCCC=O)c(F)c1. The van der Waals surface area contributed by atoms with E-state index >= 15 is 0 Å². The molecular formula is C11H12FNO2. The fourth-order valence-corrected chi connectivity index (χ4v) is 1.14. The molecular weight excluding hydrogens is 197 g/mol. The zero-order valence-corrected chi connectivity index (χ0v) is 8.42. The average molecular weight is 209 g/mol. The van der Waals surface area contributed by atoms with Gasteiger partial charge in [0.05, 0.1) is 5.56 Å². The Bertz CT molecular complexity index is 377. The molecule has 0 fully saturated rings. The second-order valence-electron chi connectivity index (χ2n) is 3.19. The van der Waals surface area contributed by atoms with Gasteiger partial charge in [-0.1, -0.05) is 6.07 Å². The molecule has 0 heterocycles. The number of hydrogen-bond acceptors (Lipinski definition) is 2. The van der Waals surface area contributed by atoms with Gasteiger partial charge < -0.3 is 10.1 Å². The van der Waals surface area contributed by atoms with Gasteiger partial charge in [-0.3, -0.25) is 4.79 Å². The number of rotatable bonds is 4. The molecule has 0 unspecified atom stereocenters. The van der Waals surface area contributed by atoms with Crippen molar-refractivity contribution in [2.24, 2.45) is 0 Å². The predicted octanol–water partition coefficient (Wildman–Crippen LogP) is 1.45. The normalized spacial score (nSPS) is 9.73. The summed E-state index contributed by atoms with van der Waals surface area (Å²) in [5.41, 5.74) is 0.767. The first kappa shape index (κ1) is 11.4. The first-order valence-corrected chi connectivity index (χ1v) is 4.63. The molecule has 1 rings (SSSR count). The highest BCUT2D eigenvalue weighted by atomic mass is 19.1. The molecule has 1 aromatic carbocycles. The second-order valence-corrected chi connectivity index (χ2v) is 3.19. The van der Waals surface area contributed by atoms with Gasteiger partial charge in [0, 0.05) is 13.0 Å². The molecule has 0 saturated carbocycles. The molecule has 0 aliphatic rings. The van der Waals surface area contributed by atoms with Crippen molar-refractivity contribution in [3.8, 4) is 0 Å². The van der Waals surface area contributed by atoms with Gasteiger partial charge in [-0.15, -0.1) is 0 Å². The number of amides is 1. The van der Waals surface area contributed by atoms with Gasteiger partial charge in [-0.05, 0) is 24.6 Å². The number of benzene rings is 1. The lowest BCUT2D eigenvalue weighted by Gasteiger charge is -2.04. The number of halogens is 1. The van der Waals surface area contributed by atoms with Crippen molar-refractivity contribution in [2.45, 2.75) is 13.3 Å².